The molecule has 0 spiro atoms. The molecule has 0 amide bonds. The second kappa shape index (κ2) is 6.54. The molecule has 3 nitrogen and oxygen atoms in total. The summed E-state index contributed by atoms with van der Waals surface area (Å²) in [5, 5.41) is 0. The van der Waals surface area contributed by atoms with Gasteiger partial charge >= 0.3 is 8.56 Å². The summed E-state index contributed by atoms with van der Waals surface area (Å²) in [6.07, 6.45) is 1.08. The summed E-state index contributed by atoms with van der Waals surface area (Å²) in [4.78, 5) is 0. The average molecular weight is 205 g/mol. The third kappa shape index (κ3) is 3.77. The predicted molar refractivity (Wildman–Crippen MR) is 57.8 cm³/mol. The molecular weight excluding hydrogens is 182 g/mol. The lowest BCUT2D eigenvalue weighted by atomic mass is 10.6. The van der Waals surface area contributed by atoms with Crippen LogP contribution >= 0.6 is 0 Å². The Morgan fingerprint density at radius 2 is 1.62 bits per heavy atom. The molecule has 1 atom stereocenters. The highest BCUT2D eigenvalue weighted by Gasteiger charge is 2.40. The molecule has 0 aliphatic heterocycles. The van der Waals surface area contributed by atoms with Crippen molar-refractivity contribution in [2.45, 2.75) is 45.8 Å². The summed E-state index contributed by atoms with van der Waals surface area (Å²) in [5.74, 6) is 0. The van der Waals surface area contributed by atoms with Gasteiger partial charge in [-0.05, 0) is 26.8 Å². The molecule has 2 N–H and O–H groups in total. The van der Waals surface area contributed by atoms with Gasteiger partial charge in [0.05, 0.1) is 0 Å². The fourth-order valence-corrected chi connectivity index (χ4v) is 4.54. The van der Waals surface area contributed by atoms with Gasteiger partial charge < -0.3 is 14.6 Å². The number of nitrogens with two attached hydrogens (primary N) is 1. The average Bonchev–Trinajstić information content (AvgIpc) is 2.05. The Kier molecular flexibility index (Phi) is 6.58. The first-order valence-corrected chi connectivity index (χ1v) is 7.26. The van der Waals surface area contributed by atoms with Crippen LogP contribution in [0.1, 0.15) is 34.1 Å². The first-order valence-electron chi connectivity index (χ1n) is 5.16. The molecule has 0 aromatic heterocycles. The first-order chi connectivity index (χ1) is 6.13. The molecule has 0 fully saturated rings. The topological polar surface area (TPSA) is 44.5 Å². The van der Waals surface area contributed by atoms with E-state index in [1.807, 2.05) is 20.8 Å². The van der Waals surface area contributed by atoms with Crippen LogP contribution < -0.4 is 5.73 Å². The van der Waals surface area contributed by atoms with Crippen molar-refractivity contribution in [3.05, 3.63) is 0 Å². The summed E-state index contributed by atoms with van der Waals surface area (Å²) in [7, 11) is -2.10. The normalized spacial score (nSPS) is 14.5. The fraction of sp³-hybridized carbons (Fsp3) is 1.00. The zero-order valence-electron chi connectivity index (χ0n) is 9.30. The van der Waals surface area contributed by atoms with E-state index in [0.717, 1.165) is 12.5 Å². The third-order valence-electron chi connectivity index (χ3n) is 2.07. The van der Waals surface area contributed by atoms with E-state index in [1.54, 1.807) is 0 Å². The predicted octanol–water partition coefficient (Wildman–Crippen LogP) is 1.80. The van der Waals surface area contributed by atoms with Crippen LogP contribution in [0.3, 0.4) is 0 Å². The van der Waals surface area contributed by atoms with Crippen molar-refractivity contribution in [1.29, 1.82) is 0 Å². The second-order valence-electron chi connectivity index (χ2n) is 3.22. The van der Waals surface area contributed by atoms with Crippen LogP contribution in [0.15, 0.2) is 0 Å². The first kappa shape index (κ1) is 13.1. The van der Waals surface area contributed by atoms with Gasteiger partial charge in [-0.3, -0.25) is 0 Å². The van der Waals surface area contributed by atoms with E-state index < -0.39 is 8.56 Å². The van der Waals surface area contributed by atoms with E-state index >= 15 is 0 Å². The molecule has 0 rings (SSSR count). The molecule has 0 radical (unpaired) electrons. The van der Waals surface area contributed by atoms with Crippen molar-refractivity contribution in [3.63, 3.8) is 0 Å². The van der Waals surface area contributed by atoms with Gasteiger partial charge in [0.15, 0.2) is 0 Å². The van der Waals surface area contributed by atoms with Gasteiger partial charge in [-0.15, -0.1) is 0 Å². The van der Waals surface area contributed by atoms with Crippen LogP contribution in [-0.2, 0) is 8.85 Å². The van der Waals surface area contributed by atoms with Crippen LogP contribution in [0.4, 0.5) is 0 Å². The zero-order chi connectivity index (χ0) is 10.3. The highest BCUT2D eigenvalue weighted by molar-refractivity contribution is 6.69. The Morgan fingerprint density at radius 1 is 1.15 bits per heavy atom. The van der Waals surface area contributed by atoms with Crippen molar-refractivity contribution in [2.75, 3.05) is 13.2 Å². The maximum absolute atomic E-state index is 5.94. The van der Waals surface area contributed by atoms with Crippen LogP contribution in [-0.4, -0.2) is 27.4 Å². The Hall–Kier alpha value is 0.0969. The molecule has 0 heterocycles. The monoisotopic (exact) mass is 205 g/mol. The van der Waals surface area contributed by atoms with E-state index in [-0.39, 0.29) is 5.67 Å². The lowest BCUT2D eigenvalue weighted by Crippen LogP contribution is -2.56. The highest BCUT2D eigenvalue weighted by atomic mass is 28.4. The third-order valence-corrected chi connectivity index (χ3v) is 6.21. The fourth-order valence-electron chi connectivity index (χ4n) is 1.51. The van der Waals surface area contributed by atoms with Gasteiger partial charge in [0.2, 0.25) is 0 Å². The molecule has 80 valence electrons. The number of hydrogen-bond donors (Lipinski definition) is 1. The van der Waals surface area contributed by atoms with Crippen molar-refractivity contribution < 1.29 is 8.85 Å². The van der Waals surface area contributed by atoms with Gasteiger partial charge in [-0.1, -0.05) is 13.3 Å². The van der Waals surface area contributed by atoms with Crippen molar-refractivity contribution in [2.24, 2.45) is 5.73 Å². The van der Waals surface area contributed by atoms with E-state index in [2.05, 4.69) is 6.92 Å². The number of hydrogen-bond acceptors (Lipinski definition) is 3. The standard InChI is InChI=1S/C9H23NO2Si/c1-5-8-13(9(4)10,11-6-2)12-7-3/h9H,5-8,10H2,1-4H3. The largest absolute Gasteiger partial charge is 0.394 e. The Balaban J connectivity index is 4.38. The van der Waals surface area contributed by atoms with Crippen LogP contribution in [0, 0.1) is 0 Å². The molecule has 0 saturated heterocycles. The molecule has 0 aromatic rings. The Morgan fingerprint density at radius 3 is 1.85 bits per heavy atom. The smallest absolute Gasteiger partial charge is 0.355 e. The van der Waals surface area contributed by atoms with Gasteiger partial charge in [0.25, 0.3) is 0 Å². The molecule has 1 unspecified atom stereocenters. The lowest BCUT2D eigenvalue weighted by Gasteiger charge is -2.32. The quantitative estimate of drug-likeness (QED) is 0.645. The molecule has 13 heavy (non-hydrogen) atoms. The SMILES string of the molecule is CCC[Si](OCC)(OCC)C(C)N. The summed E-state index contributed by atoms with van der Waals surface area (Å²) < 4.78 is 11.5. The van der Waals surface area contributed by atoms with Gasteiger partial charge in [-0.2, -0.15) is 0 Å². The summed E-state index contributed by atoms with van der Waals surface area (Å²) in [6.45, 7) is 9.54. The van der Waals surface area contributed by atoms with E-state index in [1.165, 1.54) is 0 Å². The van der Waals surface area contributed by atoms with E-state index in [9.17, 15) is 0 Å². The summed E-state index contributed by atoms with van der Waals surface area (Å²) >= 11 is 0. The minimum atomic E-state index is -2.10. The van der Waals surface area contributed by atoms with Crippen molar-refractivity contribution >= 4 is 8.56 Å². The molecule has 0 aliphatic rings. The van der Waals surface area contributed by atoms with Crippen molar-refractivity contribution in [3.8, 4) is 0 Å². The molecule has 0 aromatic carbocycles. The van der Waals surface area contributed by atoms with E-state index in [4.69, 9.17) is 14.6 Å². The highest BCUT2D eigenvalue weighted by Crippen LogP contribution is 2.18. The second-order valence-corrected chi connectivity index (χ2v) is 6.83. The van der Waals surface area contributed by atoms with Crippen LogP contribution in [0.5, 0.6) is 0 Å². The van der Waals surface area contributed by atoms with Gasteiger partial charge in [0, 0.05) is 18.9 Å². The molecule has 4 heteroatoms. The Labute approximate surface area is 82.9 Å². The van der Waals surface area contributed by atoms with Crippen molar-refractivity contribution in [1.82, 2.24) is 0 Å². The number of rotatable bonds is 7. The van der Waals surface area contributed by atoms with Gasteiger partial charge in [0.1, 0.15) is 0 Å². The molecule has 0 bridgehead atoms. The van der Waals surface area contributed by atoms with Crippen LogP contribution in [0.2, 0.25) is 6.04 Å². The van der Waals surface area contributed by atoms with Crippen LogP contribution in [0.25, 0.3) is 0 Å². The summed E-state index contributed by atoms with van der Waals surface area (Å²) in [6, 6.07) is 0.992. The minimum Gasteiger partial charge on any atom is -0.394 e. The maximum atomic E-state index is 5.94. The molecule has 0 aliphatic carbocycles. The lowest BCUT2D eigenvalue weighted by molar-refractivity contribution is 0.174. The Bertz CT molecular complexity index is 114. The van der Waals surface area contributed by atoms with E-state index in [0.29, 0.717) is 13.2 Å². The zero-order valence-corrected chi connectivity index (χ0v) is 10.3. The summed E-state index contributed by atoms with van der Waals surface area (Å²) in [5.41, 5.74) is 5.99. The van der Waals surface area contributed by atoms with Gasteiger partial charge in [-0.25, -0.2) is 0 Å². The maximum Gasteiger partial charge on any atom is 0.355 e. The molecular formula is C9H23NO2Si. The molecule has 0 saturated carbocycles. The minimum absolute atomic E-state index is 0.0485.